The van der Waals surface area contributed by atoms with Crippen LogP contribution in [0.15, 0.2) is 73.3 Å². The van der Waals surface area contributed by atoms with E-state index in [9.17, 15) is 0 Å². The Kier molecular flexibility index (Phi) is 5.95. The van der Waals surface area contributed by atoms with E-state index < -0.39 is 18.3 Å². The molecule has 0 nitrogen and oxygen atoms in total. The zero-order valence-electron chi connectivity index (χ0n) is 12.3. The first kappa shape index (κ1) is 18.6. The van der Waals surface area contributed by atoms with Crippen LogP contribution in [0.2, 0.25) is 4.63 Å². The summed E-state index contributed by atoms with van der Waals surface area (Å²) in [6, 6.07) is 11.0. The molecular weight excluding hydrogens is 378 g/mol. The first-order valence-corrected chi connectivity index (χ1v) is 14.8. The molecule has 0 fully saturated rings. The molecule has 0 amide bonds. The minimum atomic E-state index is -3.46. The molecule has 2 aliphatic carbocycles. The molecule has 0 saturated heterocycles. The van der Waals surface area contributed by atoms with Gasteiger partial charge in [0.2, 0.25) is 0 Å². The molecule has 0 radical (unpaired) electrons. The van der Waals surface area contributed by atoms with Crippen LogP contribution in [0.1, 0.15) is 12.8 Å². The van der Waals surface area contributed by atoms with Gasteiger partial charge in [-0.2, -0.15) is 0 Å². The molecule has 0 heterocycles. The van der Waals surface area contributed by atoms with Crippen molar-refractivity contribution in [3.8, 4) is 0 Å². The zero-order chi connectivity index (χ0) is 13.4. The molecule has 0 atom stereocenters. The van der Waals surface area contributed by atoms with Gasteiger partial charge in [-0.25, -0.2) is 0 Å². The van der Waals surface area contributed by atoms with Crippen molar-refractivity contribution in [2.24, 2.45) is 0 Å². The van der Waals surface area contributed by atoms with Crippen molar-refractivity contribution in [2.75, 3.05) is 0 Å². The number of hydrogen-bond donors (Lipinski definition) is 0. The van der Waals surface area contributed by atoms with Gasteiger partial charge in [-0.3, -0.25) is 0 Å². The fourth-order valence-corrected chi connectivity index (χ4v) is 14.9. The normalized spacial score (nSPS) is 16.9. The van der Waals surface area contributed by atoms with Crippen LogP contribution in [0.4, 0.5) is 0 Å². The molecule has 1 aromatic rings. The predicted octanol–water partition coefficient (Wildman–Crippen LogP) is 5.01. The van der Waals surface area contributed by atoms with Crippen molar-refractivity contribution in [1.29, 1.82) is 0 Å². The standard InChI is InChI=1S/C6H5.2C5H5.CH3.CH2.2ClH.Zr/c1-2-4-6-5-3-1;2*1-2-4-5-3-1;;;;;/h1-5H;2*1-3H,4H2;1H3;1H2;2*1H;. The van der Waals surface area contributed by atoms with E-state index in [1.54, 1.807) is 6.56 Å². The summed E-state index contributed by atoms with van der Waals surface area (Å²) in [7, 11) is 0. The summed E-state index contributed by atoms with van der Waals surface area (Å²) >= 11 is -3.46. The molecule has 3 rings (SSSR count). The van der Waals surface area contributed by atoms with Crippen molar-refractivity contribution in [2.45, 2.75) is 17.5 Å². The molecule has 0 saturated carbocycles. The molecule has 0 spiro atoms. The summed E-state index contributed by atoms with van der Waals surface area (Å²) in [4.78, 5) is 0. The molecule has 0 N–H and O–H groups in total. The van der Waals surface area contributed by atoms with Gasteiger partial charge in [0.1, 0.15) is 0 Å². The second-order valence-electron chi connectivity index (χ2n) is 6.02. The van der Waals surface area contributed by atoms with Gasteiger partial charge in [-0.1, -0.05) is 0 Å². The molecule has 0 unspecified atom stereocenters. The third-order valence-corrected chi connectivity index (χ3v) is 19.9. The Morgan fingerprint density at radius 1 is 0.857 bits per heavy atom. The van der Waals surface area contributed by atoms with Crippen LogP contribution >= 0.6 is 24.8 Å². The van der Waals surface area contributed by atoms with Crippen molar-refractivity contribution >= 4 is 32.3 Å². The van der Waals surface area contributed by atoms with Crippen LogP contribution in [0.5, 0.6) is 0 Å². The van der Waals surface area contributed by atoms with Gasteiger partial charge in [0.15, 0.2) is 0 Å². The topological polar surface area (TPSA) is 0 Å². The summed E-state index contributed by atoms with van der Waals surface area (Å²) in [5.41, 5.74) is 0. The van der Waals surface area contributed by atoms with Crippen molar-refractivity contribution in [1.82, 2.24) is 0 Å². The Balaban J connectivity index is 0.00000110. The van der Waals surface area contributed by atoms with E-state index in [-0.39, 0.29) is 24.8 Å². The summed E-state index contributed by atoms with van der Waals surface area (Å²) < 4.78 is 12.1. The SMILES string of the molecule is Cl.Cl.[CH2]=[Zr]([CH3])([C]1=CC=CC1)([C]1=CC=CC1)[c]1ccccc1. The van der Waals surface area contributed by atoms with Gasteiger partial charge in [-0.15, -0.1) is 24.8 Å². The Bertz CT molecular complexity index is 657. The van der Waals surface area contributed by atoms with Crippen LogP contribution in [-0.4, -0.2) is 4.21 Å². The van der Waals surface area contributed by atoms with Gasteiger partial charge >= 0.3 is 117 Å². The molecule has 2 aliphatic rings. The average Bonchev–Trinajstić information content (AvgIpc) is 3.14. The van der Waals surface area contributed by atoms with Crippen LogP contribution in [0.25, 0.3) is 0 Å². The Hall–Kier alpha value is -0.487. The van der Waals surface area contributed by atoms with Gasteiger partial charge in [-0.05, 0) is 0 Å². The fraction of sp³-hybridized carbons (Fsp3) is 0.167. The first-order valence-electron chi connectivity index (χ1n) is 6.95. The zero-order valence-corrected chi connectivity index (χ0v) is 16.4. The van der Waals surface area contributed by atoms with Crippen molar-refractivity contribution in [3.05, 3.63) is 73.3 Å². The van der Waals surface area contributed by atoms with Crippen LogP contribution in [0, 0.1) is 0 Å². The number of rotatable bonds is 3. The van der Waals surface area contributed by atoms with E-state index in [1.807, 2.05) is 0 Å². The first-order chi connectivity index (χ1) is 9.12. The average molecular weight is 401 g/mol. The molecule has 0 aromatic heterocycles. The third-order valence-electron chi connectivity index (χ3n) is 4.84. The van der Waals surface area contributed by atoms with Crippen molar-refractivity contribution in [3.63, 3.8) is 0 Å². The minimum absolute atomic E-state index is 0. The van der Waals surface area contributed by atoms with E-state index >= 15 is 0 Å². The fourth-order valence-electron chi connectivity index (χ4n) is 3.36. The van der Waals surface area contributed by atoms with Gasteiger partial charge in [0, 0.05) is 0 Å². The van der Waals surface area contributed by atoms with E-state index in [0.717, 1.165) is 12.8 Å². The monoisotopic (exact) mass is 398 g/mol. The number of hydrogen-bond acceptors (Lipinski definition) is 0. The Morgan fingerprint density at radius 2 is 1.33 bits per heavy atom. The molecule has 112 valence electrons. The third kappa shape index (κ3) is 2.89. The van der Waals surface area contributed by atoms with Crippen molar-refractivity contribution < 1.29 is 18.3 Å². The maximum atomic E-state index is 4.93. The molecule has 0 aliphatic heterocycles. The van der Waals surface area contributed by atoms with Gasteiger partial charge in [0.05, 0.1) is 0 Å². The molecule has 1 aromatic carbocycles. The summed E-state index contributed by atoms with van der Waals surface area (Å²) in [6.45, 7) is 0. The van der Waals surface area contributed by atoms with E-state index in [2.05, 4.69) is 71.4 Å². The van der Waals surface area contributed by atoms with Crippen LogP contribution in [-0.2, 0) is 18.3 Å². The number of allylic oxidation sites excluding steroid dienone is 8. The van der Waals surface area contributed by atoms with E-state index in [0.29, 0.717) is 0 Å². The van der Waals surface area contributed by atoms with Crippen LogP contribution in [0.3, 0.4) is 0 Å². The second-order valence-corrected chi connectivity index (χ2v) is 20.5. The number of halogens is 2. The Labute approximate surface area is 140 Å². The summed E-state index contributed by atoms with van der Waals surface area (Å²) in [5, 5.41) is 0. The molecule has 0 bridgehead atoms. The van der Waals surface area contributed by atoms with E-state index in [1.165, 1.54) is 3.27 Å². The van der Waals surface area contributed by atoms with Gasteiger partial charge < -0.3 is 0 Å². The van der Waals surface area contributed by atoms with Crippen LogP contribution < -0.4 is 3.27 Å². The van der Waals surface area contributed by atoms with Gasteiger partial charge in [0.25, 0.3) is 0 Å². The summed E-state index contributed by atoms with van der Waals surface area (Å²) in [6.07, 6.45) is 15.7. The predicted molar refractivity (Wildman–Crippen MR) is 97.2 cm³/mol. The Morgan fingerprint density at radius 3 is 1.71 bits per heavy atom. The quantitative estimate of drug-likeness (QED) is 0.669. The second kappa shape index (κ2) is 6.73. The van der Waals surface area contributed by atoms with E-state index in [4.69, 9.17) is 4.21 Å². The number of benzene rings is 1. The molecule has 21 heavy (non-hydrogen) atoms. The molecule has 3 heteroatoms. The molecular formula is C18H22Cl2Zr. The summed E-state index contributed by atoms with van der Waals surface area (Å²) in [5.74, 6) is 0. The maximum absolute atomic E-state index is 4.93.